The minimum atomic E-state index is -0.601. The summed E-state index contributed by atoms with van der Waals surface area (Å²) in [4.78, 5) is 30.6. The second kappa shape index (κ2) is 18.5. The topological polar surface area (TPSA) is 111 Å². The van der Waals surface area contributed by atoms with Gasteiger partial charge in [-0.2, -0.15) is 0 Å². The average molecular weight is 758 g/mol. The summed E-state index contributed by atoms with van der Waals surface area (Å²) in [5.41, 5.74) is 0.751. The zero-order valence-corrected chi connectivity index (χ0v) is 34.1. The number of methoxy groups -OCH3 is 3. The number of ketones is 1. The molecule has 6 aliphatic rings. The Hall–Kier alpha value is -1.96. The molecule has 0 amide bonds. The molecular weight excluding hydrogens is 690 g/mol. The summed E-state index contributed by atoms with van der Waals surface area (Å²) in [7, 11) is 9.15. The van der Waals surface area contributed by atoms with Gasteiger partial charge in [0.15, 0.2) is 18.4 Å². The first kappa shape index (κ1) is 41.7. The number of Topliss-reactive ketones (excluding diaryl/α,β-unsaturated/α-hetero) is 1. The van der Waals surface area contributed by atoms with Gasteiger partial charge in [0.25, 0.3) is 0 Å². The number of nitrogens with zero attached hydrogens (tertiary/aromatic N) is 1. The maximum Gasteiger partial charge on any atom is 0.307 e. The van der Waals surface area contributed by atoms with Crippen LogP contribution in [0.15, 0.2) is 36.0 Å². The number of fused-ring (bicyclic) bond motifs is 5. The van der Waals surface area contributed by atoms with E-state index in [1.807, 2.05) is 26.8 Å². The molecule has 3 fully saturated rings. The highest BCUT2D eigenvalue weighted by atomic mass is 16.7. The van der Waals surface area contributed by atoms with Crippen LogP contribution in [0.3, 0.4) is 0 Å². The number of rotatable bonds is 9. The van der Waals surface area contributed by atoms with E-state index in [-0.39, 0.29) is 96.8 Å². The fraction of sp³-hybridized carbons (Fsp3) is 0.814. The highest BCUT2D eigenvalue weighted by Gasteiger charge is 2.52. The summed E-state index contributed by atoms with van der Waals surface area (Å²) in [5, 5.41) is 0. The lowest BCUT2D eigenvalue weighted by molar-refractivity contribution is -0.314. The van der Waals surface area contributed by atoms with E-state index in [0.717, 1.165) is 50.5 Å². The van der Waals surface area contributed by atoms with E-state index in [1.54, 1.807) is 21.3 Å². The monoisotopic (exact) mass is 757 g/mol. The number of ether oxygens (including phenoxy) is 8. The second-order valence-corrected chi connectivity index (χ2v) is 16.8. The minimum absolute atomic E-state index is 0.0232. The molecule has 11 heteroatoms. The summed E-state index contributed by atoms with van der Waals surface area (Å²) < 4.78 is 49.6. The van der Waals surface area contributed by atoms with Crippen molar-refractivity contribution in [3.63, 3.8) is 0 Å². The number of carbonyl (C=O) groups is 2. The zero-order valence-electron chi connectivity index (χ0n) is 34.1. The van der Waals surface area contributed by atoms with Crippen molar-refractivity contribution in [2.24, 2.45) is 35.5 Å². The predicted molar refractivity (Wildman–Crippen MR) is 203 cm³/mol. The van der Waals surface area contributed by atoms with E-state index in [4.69, 9.17) is 37.9 Å². The van der Waals surface area contributed by atoms with Crippen LogP contribution in [0.25, 0.3) is 0 Å². The summed E-state index contributed by atoms with van der Waals surface area (Å²) in [6.45, 7) is 8.12. The van der Waals surface area contributed by atoms with Gasteiger partial charge >= 0.3 is 5.97 Å². The van der Waals surface area contributed by atoms with Crippen molar-refractivity contribution in [1.29, 1.82) is 0 Å². The van der Waals surface area contributed by atoms with Gasteiger partial charge in [0.1, 0.15) is 24.4 Å². The van der Waals surface area contributed by atoms with Crippen LogP contribution < -0.4 is 0 Å². The number of hydrogen-bond donors (Lipinski definition) is 0. The number of cyclic esters (lactones) is 1. The molecule has 54 heavy (non-hydrogen) atoms. The molecule has 304 valence electrons. The smallest absolute Gasteiger partial charge is 0.307 e. The van der Waals surface area contributed by atoms with Gasteiger partial charge in [-0.3, -0.25) is 9.59 Å². The van der Waals surface area contributed by atoms with Crippen LogP contribution in [0.1, 0.15) is 85.5 Å². The Morgan fingerprint density at radius 1 is 0.833 bits per heavy atom. The van der Waals surface area contributed by atoms with Gasteiger partial charge in [-0.1, -0.05) is 38.2 Å². The molecule has 2 saturated heterocycles. The van der Waals surface area contributed by atoms with Crippen molar-refractivity contribution in [1.82, 2.24) is 4.90 Å². The predicted octanol–water partition coefficient (Wildman–Crippen LogP) is 6.04. The fourth-order valence-electron chi connectivity index (χ4n) is 10.4. The zero-order chi connectivity index (χ0) is 38.7. The molecule has 0 N–H and O–H groups in total. The Labute approximate surface area is 323 Å². The van der Waals surface area contributed by atoms with Crippen molar-refractivity contribution in [2.75, 3.05) is 35.4 Å². The second-order valence-electron chi connectivity index (χ2n) is 16.8. The van der Waals surface area contributed by atoms with Crippen LogP contribution in [0.4, 0.5) is 0 Å². The minimum Gasteiger partial charge on any atom is -0.458 e. The molecular formula is C43H67NO10. The van der Waals surface area contributed by atoms with Crippen LogP contribution >= 0.6 is 0 Å². The highest BCUT2D eigenvalue weighted by molar-refractivity contribution is 5.99. The van der Waals surface area contributed by atoms with Gasteiger partial charge in [0.2, 0.25) is 0 Å². The lowest BCUT2D eigenvalue weighted by Crippen LogP contribution is -2.59. The van der Waals surface area contributed by atoms with E-state index >= 15 is 0 Å². The number of esters is 1. The molecule has 11 nitrogen and oxygen atoms in total. The van der Waals surface area contributed by atoms with Gasteiger partial charge in [0, 0.05) is 39.2 Å². The van der Waals surface area contributed by atoms with Gasteiger partial charge in [0.05, 0.1) is 30.8 Å². The van der Waals surface area contributed by atoms with Crippen LogP contribution in [-0.4, -0.2) is 120 Å². The lowest BCUT2D eigenvalue weighted by atomic mass is 9.70. The van der Waals surface area contributed by atoms with Crippen molar-refractivity contribution < 1.29 is 47.5 Å². The number of hydrogen-bond acceptors (Lipinski definition) is 11. The molecule has 0 spiro atoms. The van der Waals surface area contributed by atoms with Gasteiger partial charge in [-0.05, 0) is 115 Å². The molecule has 1 saturated carbocycles. The quantitative estimate of drug-likeness (QED) is 0.203. The average Bonchev–Trinajstić information content (AvgIpc) is 3.73. The molecule has 3 aliphatic carbocycles. The van der Waals surface area contributed by atoms with Gasteiger partial charge in [-0.15, -0.1) is 0 Å². The van der Waals surface area contributed by atoms with Gasteiger partial charge in [-0.25, -0.2) is 0 Å². The first-order valence-electron chi connectivity index (χ1n) is 20.6. The maximum absolute atomic E-state index is 14.8. The maximum atomic E-state index is 14.8. The van der Waals surface area contributed by atoms with Crippen molar-refractivity contribution in [3.8, 4) is 0 Å². The first-order chi connectivity index (χ1) is 26.0. The molecule has 6 rings (SSSR count). The summed E-state index contributed by atoms with van der Waals surface area (Å²) >= 11 is 0. The van der Waals surface area contributed by atoms with Crippen LogP contribution in [-0.2, 0) is 47.5 Å². The molecule has 3 heterocycles. The van der Waals surface area contributed by atoms with Gasteiger partial charge < -0.3 is 42.8 Å². The highest BCUT2D eigenvalue weighted by Crippen LogP contribution is 2.54. The molecule has 0 aromatic rings. The first-order valence-corrected chi connectivity index (χ1v) is 20.6. The third kappa shape index (κ3) is 8.94. The Balaban J connectivity index is 1.22. The third-order valence-corrected chi connectivity index (χ3v) is 13.4. The largest absolute Gasteiger partial charge is 0.458 e. The Bertz CT molecular complexity index is 1370. The standard InChI is InChI=1S/C43H67NO10/c1-10-28-14-12-11-13-15-36(54-38-19-18-35(44(5)6)25(3)50-38)24(2)39(46)34-22-32-30(33(34)23-37(45)52-28)17-16-27-20-29(21-31(27)32)53-43-42(49-9)41(48-8)40(47-7)26(4)51-43/h12,14,16-17,22,24-33,35-36,38,40-43H,10-11,13,15,18-21,23H2,1-9H3/b14-12+/t24-,25?,26?,27-,28+,29-,30-,31-,32-,33+,35?,36+,38?,40?,41?,42?,43?/m1/s1. The van der Waals surface area contributed by atoms with E-state index in [1.165, 1.54) is 0 Å². The van der Waals surface area contributed by atoms with Crippen molar-refractivity contribution >= 4 is 11.8 Å². The van der Waals surface area contributed by atoms with E-state index in [0.29, 0.717) is 12.5 Å². The fourth-order valence-corrected chi connectivity index (χ4v) is 10.4. The van der Waals surface area contributed by atoms with E-state index in [2.05, 4.69) is 50.2 Å². The Morgan fingerprint density at radius 2 is 1.59 bits per heavy atom. The molecule has 0 radical (unpaired) electrons. The number of carbonyl (C=O) groups excluding carboxylic acids is 2. The van der Waals surface area contributed by atoms with Crippen molar-refractivity contribution in [3.05, 3.63) is 36.0 Å². The lowest BCUT2D eigenvalue weighted by Gasteiger charge is -2.44. The molecule has 0 bridgehead atoms. The third-order valence-electron chi connectivity index (χ3n) is 13.4. The van der Waals surface area contributed by atoms with E-state index in [9.17, 15) is 9.59 Å². The molecule has 8 unspecified atom stereocenters. The molecule has 3 aliphatic heterocycles. The van der Waals surface area contributed by atoms with Crippen molar-refractivity contribution in [2.45, 2.75) is 153 Å². The SMILES string of the molecule is CC[C@H]1/C=C/CCC[C@H](OC2CCC(N(C)C)C(C)O2)[C@@H](C)C(=O)C2=C[C@@H]3[C@@H](C=C[C@@H]4C[C@@H](OC5OC(C)C(OC)C(OC)C5OC)C[C@@H]34)[C@@H]2CC(=O)O1. The van der Waals surface area contributed by atoms with Crippen LogP contribution in [0.5, 0.6) is 0 Å². The Morgan fingerprint density at radius 3 is 2.28 bits per heavy atom. The summed E-state index contributed by atoms with van der Waals surface area (Å²) in [5.74, 6) is -0.162. The summed E-state index contributed by atoms with van der Waals surface area (Å²) in [6.07, 6.45) is 14.8. The molecule has 0 aromatic heterocycles. The number of allylic oxidation sites excluding steroid dienone is 5. The Kier molecular flexibility index (Phi) is 14.3. The number of likely N-dealkylation sites (N-methyl/N-ethyl adjacent to an activating group) is 1. The van der Waals surface area contributed by atoms with Crippen LogP contribution in [0, 0.1) is 35.5 Å². The molecule has 0 aromatic carbocycles. The molecule has 17 atom stereocenters. The van der Waals surface area contributed by atoms with Crippen LogP contribution in [0.2, 0.25) is 0 Å². The normalized spacial score (nSPS) is 45.2. The van der Waals surface area contributed by atoms with E-state index < -0.39 is 18.3 Å². The summed E-state index contributed by atoms with van der Waals surface area (Å²) in [6, 6.07) is 0.333.